The second-order valence-electron chi connectivity index (χ2n) is 3.62. The van der Waals surface area contributed by atoms with Crippen LogP contribution in [0.3, 0.4) is 0 Å². The fraction of sp³-hybridized carbons (Fsp3) is 0.385. The molecule has 0 N–H and O–H groups in total. The number of hydrogen-bond acceptors (Lipinski definition) is 1. The lowest BCUT2D eigenvalue weighted by Gasteiger charge is -2.23. The van der Waals surface area contributed by atoms with Gasteiger partial charge in [-0.2, -0.15) is 0 Å². The van der Waals surface area contributed by atoms with E-state index in [0.29, 0.717) is 0 Å². The van der Waals surface area contributed by atoms with Gasteiger partial charge in [-0.05, 0) is 25.8 Å². The molecule has 0 fully saturated rings. The molecule has 1 aromatic rings. The highest BCUT2D eigenvalue weighted by atomic mass is 15.1. The monoisotopic (exact) mass is 187 g/mol. The van der Waals surface area contributed by atoms with Gasteiger partial charge in [0, 0.05) is 24.4 Å². The molecule has 1 nitrogen and oxygen atoms in total. The molecule has 0 unspecified atom stereocenters. The van der Waals surface area contributed by atoms with Gasteiger partial charge in [0.25, 0.3) is 0 Å². The van der Waals surface area contributed by atoms with Crippen LogP contribution in [0.4, 0.5) is 0 Å². The van der Waals surface area contributed by atoms with E-state index in [1.165, 1.54) is 16.8 Å². The number of fused-ring (bicyclic) bond motifs is 1. The zero-order valence-electron chi connectivity index (χ0n) is 8.96. The largest absolute Gasteiger partial charge is 0.372 e. The molecule has 0 saturated carbocycles. The fourth-order valence-electron chi connectivity index (χ4n) is 2.13. The van der Waals surface area contributed by atoms with Crippen molar-refractivity contribution in [2.24, 2.45) is 0 Å². The van der Waals surface area contributed by atoms with Crippen molar-refractivity contribution >= 4 is 5.70 Å². The minimum Gasteiger partial charge on any atom is -0.372 e. The van der Waals surface area contributed by atoms with Crippen LogP contribution in [0, 0.1) is 0 Å². The van der Waals surface area contributed by atoms with Gasteiger partial charge in [0.2, 0.25) is 0 Å². The molecule has 0 aliphatic heterocycles. The van der Waals surface area contributed by atoms with E-state index in [4.69, 9.17) is 0 Å². The number of allylic oxidation sites excluding steroid dienone is 1. The molecule has 1 aromatic carbocycles. The molecule has 0 atom stereocenters. The van der Waals surface area contributed by atoms with Gasteiger partial charge in [-0.25, -0.2) is 0 Å². The van der Waals surface area contributed by atoms with E-state index in [1.54, 1.807) is 0 Å². The predicted molar refractivity (Wildman–Crippen MR) is 61.0 cm³/mol. The second-order valence-corrected chi connectivity index (χ2v) is 3.62. The summed E-state index contributed by atoms with van der Waals surface area (Å²) in [5.41, 5.74) is 4.32. The van der Waals surface area contributed by atoms with Crippen molar-refractivity contribution in [1.29, 1.82) is 0 Å². The number of nitrogens with zero attached hydrogens (tertiary/aromatic N) is 1. The molecule has 0 bridgehead atoms. The maximum atomic E-state index is 2.42. The lowest BCUT2D eigenvalue weighted by atomic mass is 10.1. The third-order valence-corrected chi connectivity index (χ3v) is 2.91. The van der Waals surface area contributed by atoms with Crippen LogP contribution in [0.5, 0.6) is 0 Å². The van der Waals surface area contributed by atoms with Gasteiger partial charge >= 0.3 is 0 Å². The Kier molecular flexibility index (Phi) is 2.58. The van der Waals surface area contributed by atoms with E-state index < -0.39 is 0 Å². The number of rotatable bonds is 3. The first-order valence-electron chi connectivity index (χ1n) is 5.40. The summed E-state index contributed by atoms with van der Waals surface area (Å²) in [6.45, 7) is 6.61. The first kappa shape index (κ1) is 9.32. The first-order valence-corrected chi connectivity index (χ1v) is 5.40. The number of hydrogen-bond donors (Lipinski definition) is 0. The summed E-state index contributed by atoms with van der Waals surface area (Å²) in [5.74, 6) is 0. The quantitative estimate of drug-likeness (QED) is 0.703. The van der Waals surface area contributed by atoms with Gasteiger partial charge < -0.3 is 4.90 Å². The van der Waals surface area contributed by atoms with Crippen molar-refractivity contribution < 1.29 is 0 Å². The Hall–Kier alpha value is -1.24. The van der Waals surface area contributed by atoms with E-state index >= 15 is 0 Å². The summed E-state index contributed by atoms with van der Waals surface area (Å²) in [4.78, 5) is 2.42. The van der Waals surface area contributed by atoms with Crippen LogP contribution in [0.25, 0.3) is 5.70 Å². The van der Waals surface area contributed by atoms with Crippen LogP contribution in [0.1, 0.15) is 25.0 Å². The Balaban J connectivity index is 2.32. The lowest BCUT2D eigenvalue weighted by molar-refractivity contribution is 0.442. The normalized spacial score (nSPS) is 13.7. The summed E-state index contributed by atoms with van der Waals surface area (Å²) in [6.07, 6.45) is 3.44. The molecule has 0 spiro atoms. The van der Waals surface area contributed by atoms with Gasteiger partial charge in [0.05, 0.1) is 0 Å². The van der Waals surface area contributed by atoms with Crippen molar-refractivity contribution in [3.8, 4) is 0 Å². The molecule has 74 valence electrons. The van der Waals surface area contributed by atoms with Crippen molar-refractivity contribution in [1.82, 2.24) is 4.90 Å². The highest BCUT2D eigenvalue weighted by molar-refractivity contribution is 5.71. The molecule has 14 heavy (non-hydrogen) atoms. The third kappa shape index (κ3) is 1.43. The van der Waals surface area contributed by atoms with E-state index in [1.807, 2.05) is 0 Å². The lowest BCUT2D eigenvalue weighted by Crippen LogP contribution is -2.20. The van der Waals surface area contributed by atoms with E-state index in [2.05, 4.69) is 49.1 Å². The van der Waals surface area contributed by atoms with Crippen LogP contribution in [0.2, 0.25) is 0 Å². The predicted octanol–water partition coefficient (Wildman–Crippen LogP) is 2.93. The minimum absolute atomic E-state index is 1.09. The minimum atomic E-state index is 1.09. The third-order valence-electron chi connectivity index (χ3n) is 2.91. The van der Waals surface area contributed by atoms with Crippen molar-refractivity contribution in [3.63, 3.8) is 0 Å². The Bertz CT molecular complexity index is 348. The van der Waals surface area contributed by atoms with Crippen molar-refractivity contribution in [2.75, 3.05) is 13.1 Å². The Morgan fingerprint density at radius 2 is 1.86 bits per heavy atom. The van der Waals surface area contributed by atoms with Crippen molar-refractivity contribution in [3.05, 3.63) is 41.5 Å². The van der Waals surface area contributed by atoms with Gasteiger partial charge in [-0.15, -0.1) is 0 Å². The maximum absolute atomic E-state index is 2.42. The van der Waals surface area contributed by atoms with Crippen LogP contribution in [-0.4, -0.2) is 18.0 Å². The van der Waals surface area contributed by atoms with Gasteiger partial charge in [-0.1, -0.05) is 30.3 Å². The van der Waals surface area contributed by atoms with Gasteiger partial charge in [-0.3, -0.25) is 0 Å². The Labute approximate surface area is 86.1 Å². The molecule has 1 aliphatic carbocycles. The van der Waals surface area contributed by atoms with E-state index in [-0.39, 0.29) is 0 Å². The number of benzene rings is 1. The zero-order chi connectivity index (χ0) is 9.97. The van der Waals surface area contributed by atoms with Gasteiger partial charge in [0.1, 0.15) is 0 Å². The molecule has 2 rings (SSSR count). The van der Waals surface area contributed by atoms with Crippen LogP contribution >= 0.6 is 0 Å². The standard InChI is InChI=1S/C13H17N/c1-3-14(4-2)13-10-9-11-7-5-6-8-12(11)13/h5-8,10H,3-4,9H2,1-2H3. The summed E-state index contributed by atoms with van der Waals surface area (Å²) in [5, 5.41) is 0. The van der Waals surface area contributed by atoms with Crippen LogP contribution < -0.4 is 0 Å². The first-order chi connectivity index (χ1) is 6.86. The molecule has 0 aromatic heterocycles. The fourth-order valence-corrected chi connectivity index (χ4v) is 2.13. The molecule has 0 radical (unpaired) electrons. The average molecular weight is 187 g/mol. The van der Waals surface area contributed by atoms with E-state index in [0.717, 1.165) is 19.5 Å². The SMILES string of the molecule is CCN(CC)C1=CCc2ccccc21. The summed E-state index contributed by atoms with van der Waals surface area (Å²) >= 11 is 0. The molecule has 0 heterocycles. The maximum Gasteiger partial charge on any atom is 0.0405 e. The highest BCUT2D eigenvalue weighted by Crippen LogP contribution is 2.29. The van der Waals surface area contributed by atoms with Crippen molar-refractivity contribution in [2.45, 2.75) is 20.3 Å². The topological polar surface area (TPSA) is 3.24 Å². The molecule has 0 saturated heterocycles. The summed E-state index contributed by atoms with van der Waals surface area (Å²) in [6, 6.07) is 8.70. The van der Waals surface area contributed by atoms with Crippen LogP contribution in [0.15, 0.2) is 30.3 Å². The molecule has 1 aliphatic rings. The summed E-state index contributed by atoms with van der Waals surface area (Å²) in [7, 11) is 0. The van der Waals surface area contributed by atoms with Gasteiger partial charge in [0.15, 0.2) is 0 Å². The highest BCUT2D eigenvalue weighted by Gasteiger charge is 2.16. The molecule has 0 amide bonds. The zero-order valence-corrected chi connectivity index (χ0v) is 8.96. The Morgan fingerprint density at radius 1 is 1.14 bits per heavy atom. The molecular weight excluding hydrogens is 170 g/mol. The summed E-state index contributed by atoms with van der Waals surface area (Å²) < 4.78 is 0. The molecule has 1 heteroatoms. The van der Waals surface area contributed by atoms with E-state index in [9.17, 15) is 0 Å². The average Bonchev–Trinajstić information content (AvgIpc) is 2.65. The molecular formula is C13H17N. The second kappa shape index (κ2) is 3.87. The van der Waals surface area contributed by atoms with Crippen LogP contribution in [-0.2, 0) is 6.42 Å². The smallest absolute Gasteiger partial charge is 0.0405 e. The Morgan fingerprint density at radius 3 is 2.57 bits per heavy atom.